The van der Waals surface area contributed by atoms with E-state index in [1.54, 1.807) is 13.8 Å². The number of hydrogen-bond acceptors (Lipinski definition) is 2. The lowest BCUT2D eigenvalue weighted by Gasteiger charge is -2.24. The van der Waals surface area contributed by atoms with Gasteiger partial charge in [0, 0.05) is 6.04 Å². The molecule has 2 atom stereocenters. The number of halogens is 6. The topological polar surface area (TPSA) is 46.2 Å². The van der Waals surface area contributed by atoms with Gasteiger partial charge in [-0.2, -0.15) is 26.3 Å². The van der Waals surface area contributed by atoms with Crippen LogP contribution < -0.4 is 5.73 Å². The van der Waals surface area contributed by atoms with Crippen molar-refractivity contribution in [1.82, 2.24) is 0 Å². The molecule has 120 valence electrons. The zero-order valence-corrected chi connectivity index (χ0v) is 11.3. The smallest absolute Gasteiger partial charge is 0.387 e. The first-order chi connectivity index (χ1) is 9.34. The van der Waals surface area contributed by atoms with Gasteiger partial charge in [0.15, 0.2) is 0 Å². The second-order valence-corrected chi connectivity index (χ2v) is 5.11. The molecule has 0 aliphatic heterocycles. The van der Waals surface area contributed by atoms with Crippen molar-refractivity contribution in [3.05, 3.63) is 34.9 Å². The molecule has 0 heterocycles. The van der Waals surface area contributed by atoms with Crippen LogP contribution in [0, 0.1) is 5.92 Å². The Morgan fingerprint density at radius 1 is 0.905 bits per heavy atom. The summed E-state index contributed by atoms with van der Waals surface area (Å²) < 4.78 is 76.1. The van der Waals surface area contributed by atoms with Crippen LogP contribution in [0.5, 0.6) is 0 Å². The Labute approximate surface area is 117 Å². The van der Waals surface area contributed by atoms with Crippen molar-refractivity contribution in [2.75, 3.05) is 0 Å². The molecule has 8 heteroatoms. The summed E-state index contributed by atoms with van der Waals surface area (Å²) in [6, 6.07) is 0.0103. The van der Waals surface area contributed by atoms with Crippen LogP contribution in [0.3, 0.4) is 0 Å². The van der Waals surface area contributed by atoms with Crippen molar-refractivity contribution in [3.8, 4) is 0 Å². The molecule has 0 radical (unpaired) electrons. The highest BCUT2D eigenvalue weighted by atomic mass is 19.4. The molecular weight excluding hydrogens is 300 g/mol. The zero-order valence-electron chi connectivity index (χ0n) is 11.3. The third-order valence-corrected chi connectivity index (χ3v) is 3.09. The van der Waals surface area contributed by atoms with Gasteiger partial charge in [-0.3, -0.25) is 0 Å². The second kappa shape index (κ2) is 5.84. The summed E-state index contributed by atoms with van der Waals surface area (Å²) in [7, 11) is 0. The van der Waals surface area contributed by atoms with Crippen molar-refractivity contribution in [3.63, 3.8) is 0 Å². The highest BCUT2D eigenvalue weighted by Gasteiger charge is 2.38. The van der Waals surface area contributed by atoms with Gasteiger partial charge in [0.1, 0.15) is 0 Å². The lowest BCUT2D eigenvalue weighted by atomic mass is 9.92. The molecule has 2 unspecified atom stereocenters. The Morgan fingerprint density at radius 2 is 1.29 bits per heavy atom. The van der Waals surface area contributed by atoms with Crippen LogP contribution in [-0.4, -0.2) is 11.1 Å². The van der Waals surface area contributed by atoms with E-state index < -0.39 is 41.2 Å². The maximum absolute atomic E-state index is 12.7. The summed E-state index contributed by atoms with van der Waals surface area (Å²) in [6.07, 6.45) is -11.5. The van der Waals surface area contributed by atoms with E-state index in [1.807, 2.05) is 0 Å². The van der Waals surface area contributed by atoms with E-state index in [0.717, 1.165) is 0 Å². The van der Waals surface area contributed by atoms with Crippen LogP contribution in [0.25, 0.3) is 0 Å². The van der Waals surface area contributed by atoms with E-state index in [0.29, 0.717) is 12.1 Å². The summed E-state index contributed by atoms with van der Waals surface area (Å²) in [5.41, 5.74) is 2.16. The van der Waals surface area contributed by atoms with Crippen molar-refractivity contribution in [2.45, 2.75) is 38.3 Å². The van der Waals surface area contributed by atoms with E-state index in [-0.39, 0.29) is 12.0 Å². The lowest BCUT2D eigenvalue weighted by Crippen LogP contribution is -2.33. The Kier molecular flexibility index (Phi) is 4.94. The number of alkyl halides is 6. The van der Waals surface area contributed by atoms with E-state index in [4.69, 9.17) is 5.73 Å². The number of aliphatic hydroxyl groups excluding tert-OH is 1. The molecule has 0 spiro atoms. The molecule has 1 aromatic carbocycles. The molecule has 0 fully saturated rings. The quantitative estimate of drug-likeness (QED) is 0.835. The van der Waals surface area contributed by atoms with Crippen molar-refractivity contribution in [1.29, 1.82) is 0 Å². The molecule has 0 amide bonds. The fraction of sp³-hybridized carbons (Fsp3) is 0.538. The third-order valence-electron chi connectivity index (χ3n) is 3.09. The minimum atomic E-state index is -4.95. The monoisotopic (exact) mass is 315 g/mol. The van der Waals surface area contributed by atoms with Crippen LogP contribution in [0.2, 0.25) is 0 Å². The third kappa shape index (κ3) is 4.34. The summed E-state index contributed by atoms with van der Waals surface area (Å²) in [6.45, 7) is 3.21. The standard InChI is InChI=1S/C13H15F6NO/c1-6(2)10(20)11(21)7-3-8(12(14,15)16)5-9(4-7)13(17,18)19/h3-6,10-11,21H,20H2,1-2H3. The van der Waals surface area contributed by atoms with Crippen molar-refractivity contribution in [2.24, 2.45) is 11.7 Å². The lowest BCUT2D eigenvalue weighted by molar-refractivity contribution is -0.143. The molecule has 0 saturated heterocycles. The maximum Gasteiger partial charge on any atom is 0.416 e. The summed E-state index contributed by atoms with van der Waals surface area (Å²) in [5.74, 6) is -0.316. The number of hydrogen-bond donors (Lipinski definition) is 2. The Morgan fingerprint density at radius 3 is 1.57 bits per heavy atom. The molecule has 3 N–H and O–H groups in total. The van der Waals surface area contributed by atoms with Crippen molar-refractivity contribution >= 4 is 0 Å². The molecule has 0 aromatic heterocycles. The number of nitrogens with two attached hydrogens (primary N) is 1. The SMILES string of the molecule is CC(C)C(N)C(O)c1cc(C(F)(F)F)cc(C(F)(F)F)c1. The Balaban J connectivity index is 3.39. The first-order valence-electron chi connectivity index (χ1n) is 6.07. The van der Waals surface area contributed by atoms with Gasteiger partial charge in [-0.05, 0) is 29.7 Å². The molecule has 0 aliphatic rings. The first kappa shape index (κ1) is 17.8. The van der Waals surface area contributed by atoms with Crippen LogP contribution >= 0.6 is 0 Å². The van der Waals surface area contributed by atoms with Crippen LogP contribution in [-0.2, 0) is 12.4 Å². The fourth-order valence-electron chi connectivity index (χ4n) is 1.74. The zero-order chi connectivity index (χ0) is 16.6. The van der Waals surface area contributed by atoms with E-state index in [1.165, 1.54) is 0 Å². The predicted octanol–water partition coefficient (Wildman–Crippen LogP) is 3.74. The van der Waals surface area contributed by atoms with E-state index in [9.17, 15) is 31.4 Å². The minimum Gasteiger partial charge on any atom is -0.387 e. The molecule has 21 heavy (non-hydrogen) atoms. The summed E-state index contributed by atoms with van der Waals surface area (Å²) in [4.78, 5) is 0. The van der Waals surface area contributed by atoms with E-state index >= 15 is 0 Å². The average molecular weight is 315 g/mol. The van der Waals surface area contributed by atoms with Crippen molar-refractivity contribution < 1.29 is 31.4 Å². The molecule has 2 nitrogen and oxygen atoms in total. The second-order valence-electron chi connectivity index (χ2n) is 5.11. The Hall–Kier alpha value is -1.28. The molecule has 0 bridgehead atoms. The molecule has 1 aromatic rings. The predicted molar refractivity (Wildman–Crippen MR) is 64.2 cm³/mol. The van der Waals surface area contributed by atoms with Gasteiger partial charge in [-0.25, -0.2) is 0 Å². The Bertz CT molecular complexity index is 462. The van der Waals surface area contributed by atoms with Crippen LogP contribution in [0.4, 0.5) is 26.3 Å². The number of rotatable bonds is 3. The fourth-order valence-corrected chi connectivity index (χ4v) is 1.74. The summed E-state index contributed by atoms with van der Waals surface area (Å²) >= 11 is 0. The largest absolute Gasteiger partial charge is 0.416 e. The summed E-state index contributed by atoms with van der Waals surface area (Å²) in [5, 5.41) is 9.88. The van der Waals surface area contributed by atoms with Gasteiger partial charge >= 0.3 is 12.4 Å². The maximum atomic E-state index is 12.7. The van der Waals surface area contributed by atoms with Gasteiger partial charge in [0.25, 0.3) is 0 Å². The normalized spacial score (nSPS) is 16.1. The number of aliphatic hydroxyl groups is 1. The average Bonchev–Trinajstić information content (AvgIpc) is 2.34. The highest BCUT2D eigenvalue weighted by molar-refractivity contribution is 5.35. The minimum absolute atomic E-state index is 0.0110. The van der Waals surface area contributed by atoms with E-state index in [2.05, 4.69) is 0 Å². The van der Waals surface area contributed by atoms with Gasteiger partial charge in [0.2, 0.25) is 0 Å². The van der Waals surface area contributed by atoms with Gasteiger partial charge < -0.3 is 10.8 Å². The highest BCUT2D eigenvalue weighted by Crippen LogP contribution is 2.38. The first-order valence-corrected chi connectivity index (χ1v) is 6.07. The van der Waals surface area contributed by atoms with Gasteiger partial charge in [-0.15, -0.1) is 0 Å². The van der Waals surface area contributed by atoms with Gasteiger partial charge in [0.05, 0.1) is 17.2 Å². The number of benzene rings is 1. The molecule has 1 rings (SSSR count). The van der Waals surface area contributed by atoms with Crippen LogP contribution in [0.1, 0.15) is 36.6 Å². The molecular formula is C13H15F6NO. The molecule has 0 aliphatic carbocycles. The molecule has 0 saturated carbocycles. The van der Waals surface area contributed by atoms with Gasteiger partial charge in [-0.1, -0.05) is 13.8 Å². The van der Waals surface area contributed by atoms with Crippen LogP contribution in [0.15, 0.2) is 18.2 Å².